The van der Waals surface area contributed by atoms with Crippen LogP contribution in [0.1, 0.15) is 12.8 Å². The lowest BCUT2D eigenvalue weighted by Gasteiger charge is -2.10. The predicted octanol–water partition coefficient (Wildman–Crippen LogP) is -1.04. The topological polar surface area (TPSA) is 84.7 Å². The van der Waals surface area contributed by atoms with Gasteiger partial charge in [0.25, 0.3) is 0 Å². The molecular formula is C8H15ClN6O. The SMILES string of the molecule is Cl.O=C(Cn1cnnn1)NCC1CCCN1. The summed E-state index contributed by atoms with van der Waals surface area (Å²) < 4.78 is 1.40. The monoisotopic (exact) mass is 246 g/mol. The molecule has 7 nitrogen and oxygen atoms in total. The third-order valence-electron chi connectivity index (χ3n) is 2.41. The van der Waals surface area contributed by atoms with E-state index < -0.39 is 0 Å². The largest absolute Gasteiger partial charge is 0.353 e. The molecule has 90 valence electrons. The van der Waals surface area contributed by atoms with Gasteiger partial charge in [-0.1, -0.05) is 0 Å². The predicted molar refractivity (Wildman–Crippen MR) is 59.1 cm³/mol. The van der Waals surface area contributed by atoms with E-state index in [1.807, 2.05) is 0 Å². The van der Waals surface area contributed by atoms with Crippen LogP contribution < -0.4 is 10.6 Å². The van der Waals surface area contributed by atoms with Crippen molar-refractivity contribution in [3.8, 4) is 0 Å². The van der Waals surface area contributed by atoms with Crippen LogP contribution in [-0.2, 0) is 11.3 Å². The average molecular weight is 247 g/mol. The molecule has 1 aliphatic rings. The Morgan fingerprint density at radius 2 is 2.50 bits per heavy atom. The standard InChI is InChI=1S/C8H14N6O.ClH/c15-8(5-14-6-11-12-13-14)10-4-7-2-1-3-9-7;/h6-7,9H,1-5H2,(H,10,15);1H. The fourth-order valence-electron chi connectivity index (χ4n) is 1.62. The van der Waals surface area contributed by atoms with Crippen LogP contribution in [0.25, 0.3) is 0 Å². The minimum Gasteiger partial charge on any atom is -0.353 e. The smallest absolute Gasteiger partial charge is 0.241 e. The highest BCUT2D eigenvalue weighted by Gasteiger charge is 2.14. The number of nitrogens with one attached hydrogen (secondary N) is 2. The Bertz CT molecular complexity index is 310. The van der Waals surface area contributed by atoms with Gasteiger partial charge in [0.05, 0.1) is 0 Å². The summed E-state index contributed by atoms with van der Waals surface area (Å²) in [5.41, 5.74) is 0. The second kappa shape index (κ2) is 6.39. The zero-order valence-corrected chi connectivity index (χ0v) is 9.61. The van der Waals surface area contributed by atoms with Gasteiger partial charge in [-0.25, -0.2) is 4.68 Å². The molecule has 1 atom stereocenters. The van der Waals surface area contributed by atoms with Gasteiger partial charge in [-0.3, -0.25) is 4.79 Å². The van der Waals surface area contributed by atoms with Crippen LogP contribution in [0.15, 0.2) is 6.33 Å². The number of tetrazole rings is 1. The third-order valence-corrected chi connectivity index (χ3v) is 2.41. The van der Waals surface area contributed by atoms with Gasteiger partial charge in [-0.15, -0.1) is 17.5 Å². The first-order valence-electron chi connectivity index (χ1n) is 5.05. The maximum absolute atomic E-state index is 11.4. The number of carbonyl (C=O) groups excluding carboxylic acids is 1. The number of amides is 1. The van der Waals surface area contributed by atoms with E-state index in [0.717, 1.165) is 13.0 Å². The molecule has 0 spiro atoms. The van der Waals surface area contributed by atoms with E-state index >= 15 is 0 Å². The highest BCUT2D eigenvalue weighted by molar-refractivity contribution is 5.85. The minimum atomic E-state index is -0.0593. The summed E-state index contributed by atoms with van der Waals surface area (Å²) >= 11 is 0. The van der Waals surface area contributed by atoms with Gasteiger partial charge < -0.3 is 10.6 Å². The van der Waals surface area contributed by atoms with Crippen LogP contribution in [0.3, 0.4) is 0 Å². The van der Waals surface area contributed by atoms with E-state index in [0.29, 0.717) is 12.6 Å². The highest BCUT2D eigenvalue weighted by atomic mass is 35.5. The van der Waals surface area contributed by atoms with Crippen molar-refractivity contribution in [1.82, 2.24) is 30.8 Å². The highest BCUT2D eigenvalue weighted by Crippen LogP contribution is 2.02. The molecule has 0 radical (unpaired) electrons. The molecule has 2 rings (SSSR count). The summed E-state index contributed by atoms with van der Waals surface area (Å²) in [6.07, 6.45) is 3.74. The Morgan fingerprint density at radius 1 is 1.62 bits per heavy atom. The number of hydrogen-bond acceptors (Lipinski definition) is 5. The zero-order chi connectivity index (χ0) is 10.5. The lowest BCUT2D eigenvalue weighted by molar-refractivity contribution is -0.121. The van der Waals surface area contributed by atoms with Gasteiger partial charge in [0.2, 0.25) is 5.91 Å². The van der Waals surface area contributed by atoms with Crippen LogP contribution in [-0.4, -0.2) is 45.2 Å². The van der Waals surface area contributed by atoms with Gasteiger partial charge in [0.1, 0.15) is 12.9 Å². The van der Waals surface area contributed by atoms with Crippen molar-refractivity contribution in [2.24, 2.45) is 0 Å². The molecule has 0 aliphatic carbocycles. The van der Waals surface area contributed by atoms with E-state index in [9.17, 15) is 4.79 Å². The summed E-state index contributed by atoms with van der Waals surface area (Å²) in [6.45, 7) is 1.91. The lowest BCUT2D eigenvalue weighted by Crippen LogP contribution is -2.38. The van der Waals surface area contributed by atoms with Crippen LogP contribution in [0.4, 0.5) is 0 Å². The number of nitrogens with zero attached hydrogens (tertiary/aromatic N) is 4. The second-order valence-corrected chi connectivity index (χ2v) is 3.60. The van der Waals surface area contributed by atoms with Crippen LogP contribution in [0, 0.1) is 0 Å². The fourth-order valence-corrected chi connectivity index (χ4v) is 1.62. The van der Waals surface area contributed by atoms with E-state index in [1.54, 1.807) is 0 Å². The molecule has 0 aromatic carbocycles. The van der Waals surface area contributed by atoms with Gasteiger partial charge in [0, 0.05) is 12.6 Å². The number of halogens is 1. The normalized spacial score (nSPS) is 19.1. The van der Waals surface area contributed by atoms with Crippen molar-refractivity contribution in [2.45, 2.75) is 25.4 Å². The Kier molecular flexibility index (Phi) is 5.13. The summed E-state index contributed by atoms with van der Waals surface area (Å²) in [5.74, 6) is -0.0593. The summed E-state index contributed by atoms with van der Waals surface area (Å²) in [6, 6.07) is 0.419. The zero-order valence-electron chi connectivity index (χ0n) is 8.80. The van der Waals surface area contributed by atoms with Gasteiger partial charge >= 0.3 is 0 Å². The Hall–Kier alpha value is -1.21. The molecule has 0 bridgehead atoms. The maximum atomic E-state index is 11.4. The minimum absolute atomic E-state index is 0. The van der Waals surface area contributed by atoms with Crippen molar-refractivity contribution in [2.75, 3.05) is 13.1 Å². The molecule has 1 aromatic rings. The molecule has 2 heterocycles. The molecule has 16 heavy (non-hydrogen) atoms. The van der Waals surface area contributed by atoms with E-state index in [2.05, 4.69) is 26.2 Å². The quantitative estimate of drug-likeness (QED) is 0.709. The maximum Gasteiger partial charge on any atom is 0.241 e. The van der Waals surface area contributed by atoms with Crippen molar-refractivity contribution < 1.29 is 4.79 Å². The fraction of sp³-hybridized carbons (Fsp3) is 0.750. The third kappa shape index (κ3) is 3.74. The lowest BCUT2D eigenvalue weighted by atomic mass is 10.2. The Labute approximate surface area is 99.4 Å². The summed E-state index contributed by atoms with van der Waals surface area (Å²) in [5, 5.41) is 16.7. The summed E-state index contributed by atoms with van der Waals surface area (Å²) in [4.78, 5) is 11.4. The molecule has 1 amide bonds. The number of carbonyl (C=O) groups is 1. The van der Waals surface area contributed by atoms with Gasteiger partial charge in [0.15, 0.2) is 0 Å². The van der Waals surface area contributed by atoms with Crippen LogP contribution in [0.5, 0.6) is 0 Å². The van der Waals surface area contributed by atoms with E-state index in [1.165, 1.54) is 17.4 Å². The Balaban J connectivity index is 0.00000128. The first-order chi connectivity index (χ1) is 7.34. The van der Waals surface area contributed by atoms with Crippen molar-refractivity contribution in [3.63, 3.8) is 0 Å². The van der Waals surface area contributed by atoms with Crippen LogP contribution >= 0.6 is 12.4 Å². The van der Waals surface area contributed by atoms with Gasteiger partial charge in [-0.2, -0.15) is 0 Å². The number of aromatic nitrogens is 4. The van der Waals surface area contributed by atoms with E-state index in [-0.39, 0.29) is 24.9 Å². The molecule has 0 saturated carbocycles. The summed E-state index contributed by atoms with van der Waals surface area (Å²) in [7, 11) is 0. The second-order valence-electron chi connectivity index (χ2n) is 3.60. The molecule has 1 fully saturated rings. The van der Waals surface area contributed by atoms with E-state index in [4.69, 9.17) is 0 Å². The molecule has 1 unspecified atom stereocenters. The van der Waals surface area contributed by atoms with Crippen molar-refractivity contribution in [1.29, 1.82) is 0 Å². The average Bonchev–Trinajstić information content (AvgIpc) is 2.86. The first kappa shape index (κ1) is 12.9. The molecule has 1 saturated heterocycles. The molecule has 8 heteroatoms. The molecule has 1 aromatic heterocycles. The number of hydrogen-bond donors (Lipinski definition) is 2. The van der Waals surface area contributed by atoms with Gasteiger partial charge in [-0.05, 0) is 29.8 Å². The first-order valence-corrected chi connectivity index (χ1v) is 5.05. The molecular weight excluding hydrogens is 232 g/mol. The number of rotatable bonds is 4. The van der Waals surface area contributed by atoms with Crippen LogP contribution in [0.2, 0.25) is 0 Å². The van der Waals surface area contributed by atoms with Crippen molar-refractivity contribution >= 4 is 18.3 Å². The van der Waals surface area contributed by atoms with Crippen molar-refractivity contribution in [3.05, 3.63) is 6.33 Å². The Morgan fingerprint density at radius 3 is 3.12 bits per heavy atom. The molecule has 1 aliphatic heterocycles. The molecule has 2 N–H and O–H groups in total.